The first-order chi connectivity index (χ1) is 9.88. The van der Waals surface area contributed by atoms with Crippen molar-refractivity contribution in [2.24, 2.45) is 17.8 Å². The van der Waals surface area contributed by atoms with Crippen molar-refractivity contribution < 1.29 is 19.8 Å². The standard InChI is InChI=1S/C16H21NO4/c1-9-6-13(14(7-9)16(20)21)15(19)17-10(2)11-4-3-5-12(18)8-11/h3-5,8-10,13-14,18H,6-7H2,1-2H3,(H,17,19)(H,20,21). The van der Waals surface area contributed by atoms with E-state index in [1.165, 1.54) is 0 Å². The minimum atomic E-state index is -0.899. The van der Waals surface area contributed by atoms with Crippen molar-refractivity contribution in [3.05, 3.63) is 29.8 Å². The highest BCUT2D eigenvalue weighted by atomic mass is 16.4. The van der Waals surface area contributed by atoms with Gasteiger partial charge in [-0.2, -0.15) is 0 Å². The van der Waals surface area contributed by atoms with Gasteiger partial charge in [0.1, 0.15) is 5.75 Å². The van der Waals surface area contributed by atoms with E-state index in [0.717, 1.165) is 5.56 Å². The molecule has 4 atom stereocenters. The Balaban J connectivity index is 2.05. The average molecular weight is 291 g/mol. The molecule has 0 saturated heterocycles. The molecule has 1 amide bonds. The maximum absolute atomic E-state index is 12.3. The van der Waals surface area contributed by atoms with E-state index in [-0.39, 0.29) is 23.6 Å². The number of rotatable bonds is 4. The van der Waals surface area contributed by atoms with Crippen molar-refractivity contribution in [1.82, 2.24) is 5.32 Å². The number of carboxylic acids is 1. The summed E-state index contributed by atoms with van der Waals surface area (Å²) >= 11 is 0. The maximum Gasteiger partial charge on any atom is 0.307 e. The topological polar surface area (TPSA) is 86.6 Å². The molecule has 1 fully saturated rings. The third-order valence-corrected chi connectivity index (χ3v) is 4.18. The second-order valence-electron chi connectivity index (χ2n) is 5.95. The van der Waals surface area contributed by atoms with E-state index >= 15 is 0 Å². The summed E-state index contributed by atoms with van der Waals surface area (Å²) < 4.78 is 0. The summed E-state index contributed by atoms with van der Waals surface area (Å²) in [5.41, 5.74) is 0.793. The van der Waals surface area contributed by atoms with Gasteiger partial charge in [0.15, 0.2) is 0 Å². The van der Waals surface area contributed by atoms with Crippen LogP contribution in [0.2, 0.25) is 0 Å². The summed E-state index contributed by atoms with van der Waals surface area (Å²) in [6, 6.07) is 6.42. The summed E-state index contributed by atoms with van der Waals surface area (Å²) in [6.07, 6.45) is 1.16. The lowest BCUT2D eigenvalue weighted by molar-refractivity contribution is -0.146. The first kappa shape index (κ1) is 15.4. The fourth-order valence-electron chi connectivity index (χ4n) is 3.05. The summed E-state index contributed by atoms with van der Waals surface area (Å²) in [5.74, 6) is -1.80. The molecule has 1 aliphatic carbocycles. The van der Waals surface area contributed by atoms with Gasteiger partial charge in [-0.1, -0.05) is 19.1 Å². The molecule has 21 heavy (non-hydrogen) atoms. The van der Waals surface area contributed by atoms with Crippen LogP contribution in [-0.2, 0) is 9.59 Å². The molecule has 1 saturated carbocycles. The number of aromatic hydroxyl groups is 1. The van der Waals surface area contributed by atoms with Crippen LogP contribution in [0.4, 0.5) is 0 Å². The number of nitrogens with one attached hydrogen (secondary N) is 1. The van der Waals surface area contributed by atoms with Crippen LogP contribution in [0.5, 0.6) is 5.75 Å². The van der Waals surface area contributed by atoms with Gasteiger partial charge in [0.25, 0.3) is 0 Å². The molecular formula is C16H21NO4. The zero-order chi connectivity index (χ0) is 15.6. The molecule has 1 aliphatic rings. The Morgan fingerprint density at radius 2 is 1.95 bits per heavy atom. The van der Waals surface area contributed by atoms with Gasteiger partial charge in [-0.3, -0.25) is 9.59 Å². The lowest BCUT2D eigenvalue weighted by atomic mass is 9.94. The molecule has 3 N–H and O–H groups in total. The summed E-state index contributed by atoms with van der Waals surface area (Å²) in [4.78, 5) is 23.6. The summed E-state index contributed by atoms with van der Waals surface area (Å²) in [6.45, 7) is 3.79. The van der Waals surface area contributed by atoms with Crippen LogP contribution in [-0.4, -0.2) is 22.1 Å². The van der Waals surface area contributed by atoms with Gasteiger partial charge >= 0.3 is 5.97 Å². The maximum atomic E-state index is 12.3. The normalized spacial score (nSPS) is 26.3. The van der Waals surface area contributed by atoms with Crippen molar-refractivity contribution in [2.45, 2.75) is 32.7 Å². The second-order valence-corrected chi connectivity index (χ2v) is 5.95. The Morgan fingerprint density at radius 3 is 2.57 bits per heavy atom. The van der Waals surface area contributed by atoms with Crippen LogP contribution < -0.4 is 5.32 Å². The van der Waals surface area contributed by atoms with E-state index in [4.69, 9.17) is 0 Å². The van der Waals surface area contributed by atoms with E-state index in [0.29, 0.717) is 12.8 Å². The number of phenols is 1. The van der Waals surface area contributed by atoms with E-state index < -0.39 is 17.8 Å². The number of carboxylic acid groups (broad SMARTS) is 1. The predicted molar refractivity (Wildman–Crippen MR) is 77.7 cm³/mol. The van der Waals surface area contributed by atoms with Crippen LogP contribution in [0.15, 0.2) is 24.3 Å². The SMILES string of the molecule is CC1CC(C(=O)O)C(C(=O)NC(C)c2cccc(O)c2)C1. The highest BCUT2D eigenvalue weighted by molar-refractivity contribution is 5.85. The van der Waals surface area contributed by atoms with Crippen LogP contribution in [0.1, 0.15) is 38.3 Å². The van der Waals surface area contributed by atoms with Gasteiger partial charge in [-0.05, 0) is 43.4 Å². The molecule has 0 aliphatic heterocycles. The minimum absolute atomic E-state index is 0.145. The number of benzene rings is 1. The van der Waals surface area contributed by atoms with Crippen LogP contribution in [0, 0.1) is 17.8 Å². The number of hydrogen-bond donors (Lipinski definition) is 3. The Kier molecular flexibility index (Phi) is 4.50. The van der Waals surface area contributed by atoms with Gasteiger partial charge in [0.2, 0.25) is 5.91 Å². The number of hydrogen-bond acceptors (Lipinski definition) is 3. The zero-order valence-corrected chi connectivity index (χ0v) is 12.2. The van der Waals surface area contributed by atoms with Crippen molar-refractivity contribution in [3.8, 4) is 5.75 Å². The lowest BCUT2D eigenvalue weighted by Crippen LogP contribution is -2.36. The zero-order valence-electron chi connectivity index (χ0n) is 12.2. The number of aliphatic carboxylic acids is 1. The molecule has 2 rings (SSSR count). The van der Waals surface area contributed by atoms with Crippen LogP contribution in [0.3, 0.4) is 0 Å². The van der Waals surface area contributed by atoms with Gasteiger partial charge in [-0.25, -0.2) is 0 Å². The molecule has 0 radical (unpaired) electrons. The number of carbonyl (C=O) groups is 2. The van der Waals surface area contributed by atoms with E-state index in [9.17, 15) is 19.8 Å². The second kappa shape index (κ2) is 6.16. The molecular weight excluding hydrogens is 270 g/mol. The fraction of sp³-hybridized carbons (Fsp3) is 0.500. The number of amides is 1. The summed E-state index contributed by atoms with van der Waals surface area (Å²) in [7, 11) is 0. The molecule has 1 aromatic carbocycles. The molecule has 114 valence electrons. The molecule has 0 aromatic heterocycles. The quantitative estimate of drug-likeness (QED) is 0.794. The van der Waals surface area contributed by atoms with E-state index in [1.807, 2.05) is 19.9 Å². The van der Waals surface area contributed by atoms with Crippen molar-refractivity contribution >= 4 is 11.9 Å². The van der Waals surface area contributed by atoms with Gasteiger partial charge in [-0.15, -0.1) is 0 Å². The molecule has 0 heterocycles. The van der Waals surface area contributed by atoms with Gasteiger partial charge < -0.3 is 15.5 Å². The third kappa shape index (κ3) is 3.54. The molecule has 4 unspecified atom stereocenters. The Labute approximate surface area is 124 Å². The third-order valence-electron chi connectivity index (χ3n) is 4.18. The fourth-order valence-corrected chi connectivity index (χ4v) is 3.05. The number of phenolic OH excluding ortho intramolecular Hbond substituents is 1. The molecule has 0 bridgehead atoms. The number of carbonyl (C=O) groups excluding carboxylic acids is 1. The lowest BCUT2D eigenvalue weighted by Gasteiger charge is -2.20. The molecule has 5 nitrogen and oxygen atoms in total. The highest BCUT2D eigenvalue weighted by Crippen LogP contribution is 2.37. The first-order valence-corrected chi connectivity index (χ1v) is 7.20. The van der Waals surface area contributed by atoms with Crippen molar-refractivity contribution in [1.29, 1.82) is 0 Å². The first-order valence-electron chi connectivity index (χ1n) is 7.20. The predicted octanol–water partition coefficient (Wildman–Crippen LogP) is 2.32. The van der Waals surface area contributed by atoms with Crippen molar-refractivity contribution in [3.63, 3.8) is 0 Å². The Hall–Kier alpha value is -2.04. The van der Waals surface area contributed by atoms with E-state index in [1.54, 1.807) is 18.2 Å². The highest BCUT2D eigenvalue weighted by Gasteiger charge is 2.41. The Bertz CT molecular complexity index is 543. The van der Waals surface area contributed by atoms with Gasteiger partial charge in [0, 0.05) is 0 Å². The largest absolute Gasteiger partial charge is 0.508 e. The smallest absolute Gasteiger partial charge is 0.307 e. The summed E-state index contributed by atoms with van der Waals surface area (Å²) in [5, 5.41) is 21.5. The molecule has 0 spiro atoms. The van der Waals surface area contributed by atoms with Crippen LogP contribution >= 0.6 is 0 Å². The molecule has 1 aromatic rings. The van der Waals surface area contributed by atoms with Gasteiger partial charge in [0.05, 0.1) is 17.9 Å². The average Bonchev–Trinajstić information content (AvgIpc) is 2.81. The Morgan fingerprint density at radius 1 is 1.29 bits per heavy atom. The minimum Gasteiger partial charge on any atom is -0.508 e. The van der Waals surface area contributed by atoms with Crippen LogP contribution in [0.25, 0.3) is 0 Å². The van der Waals surface area contributed by atoms with E-state index in [2.05, 4.69) is 5.32 Å². The molecule has 5 heteroatoms. The monoisotopic (exact) mass is 291 g/mol. The van der Waals surface area contributed by atoms with Crippen molar-refractivity contribution in [2.75, 3.05) is 0 Å².